The number of alkyl halides is 3. The van der Waals surface area contributed by atoms with Gasteiger partial charge in [0.2, 0.25) is 0 Å². The molecule has 9 heteroatoms. The van der Waals surface area contributed by atoms with Gasteiger partial charge in [0.15, 0.2) is 5.69 Å². The molecule has 1 amide bonds. The zero-order chi connectivity index (χ0) is 19.9. The van der Waals surface area contributed by atoms with Crippen LogP contribution in [0.3, 0.4) is 0 Å². The maximum absolute atomic E-state index is 12.9. The van der Waals surface area contributed by atoms with Gasteiger partial charge in [-0.15, -0.1) is 5.10 Å². The molecule has 0 spiro atoms. The molecule has 1 heterocycles. The summed E-state index contributed by atoms with van der Waals surface area (Å²) < 4.78 is 39.9. The number of nitrogens with two attached hydrogens (primary N) is 1. The number of amides is 1. The van der Waals surface area contributed by atoms with Crippen LogP contribution in [0.1, 0.15) is 48.2 Å². The molecule has 2 saturated carbocycles. The van der Waals surface area contributed by atoms with E-state index in [9.17, 15) is 18.0 Å². The van der Waals surface area contributed by atoms with Crippen LogP contribution < -0.4 is 11.1 Å². The molecule has 0 saturated heterocycles. The van der Waals surface area contributed by atoms with Gasteiger partial charge in [-0.3, -0.25) is 4.79 Å². The van der Waals surface area contributed by atoms with Crippen LogP contribution in [-0.2, 0) is 6.18 Å². The van der Waals surface area contributed by atoms with Gasteiger partial charge in [-0.25, -0.2) is 4.68 Å². The lowest BCUT2D eigenvalue weighted by Crippen LogP contribution is -2.53. The van der Waals surface area contributed by atoms with Crippen molar-refractivity contribution in [2.24, 2.45) is 17.6 Å². The SMILES string of the molecule is NC1CC2CCCC(C1)C2NC(=O)c1cn(-c2cccc(C(F)(F)F)c2)nn1. The molecule has 4 rings (SSSR count). The van der Waals surface area contributed by atoms with Crippen molar-refractivity contribution in [1.82, 2.24) is 20.3 Å². The van der Waals surface area contributed by atoms with E-state index in [0.29, 0.717) is 11.8 Å². The van der Waals surface area contributed by atoms with Gasteiger partial charge in [-0.2, -0.15) is 13.2 Å². The predicted molar refractivity (Wildman–Crippen MR) is 95.7 cm³/mol. The highest BCUT2D eigenvalue weighted by Crippen LogP contribution is 2.39. The molecule has 2 aliphatic rings. The first-order valence-electron chi connectivity index (χ1n) is 9.47. The van der Waals surface area contributed by atoms with E-state index in [0.717, 1.165) is 44.2 Å². The molecular formula is C19H22F3N5O. The van der Waals surface area contributed by atoms with E-state index in [-0.39, 0.29) is 29.4 Å². The topological polar surface area (TPSA) is 85.8 Å². The Morgan fingerprint density at radius 1 is 1.21 bits per heavy atom. The minimum Gasteiger partial charge on any atom is -0.347 e. The summed E-state index contributed by atoms with van der Waals surface area (Å²) in [6, 6.07) is 5.00. The molecule has 150 valence electrons. The molecule has 28 heavy (non-hydrogen) atoms. The second kappa shape index (κ2) is 7.20. The van der Waals surface area contributed by atoms with E-state index in [1.54, 1.807) is 0 Å². The molecule has 3 N–H and O–H groups in total. The third kappa shape index (κ3) is 3.76. The van der Waals surface area contributed by atoms with Crippen LogP contribution in [0, 0.1) is 11.8 Å². The number of fused-ring (bicyclic) bond motifs is 2. The molecule has 1 aromatic heterocycles. The highest BCUT2D eigenvalue weighted by atomic mass is 19.4. The fraction of sp³-hybridized carbons (Fsp3) is 0.526. The third-order valence-corrected chi connectivity index (χ3v) is 5.84. The van der Waals surface area contributed by atoms with Gasteiger partial charge in [-0.05, 0) is 55.7 Å². The first-order chi connectivity index (χ1) is 13.3. The van der Waals surface area contributed by atoms with E-state index in [2.05, 4.69) is 15.6 Å². The first-order valence-corrected chi connectivity index (χ1v) is 9.47. The van der Waals surface area contributed by atoms with E-state index >= 15 is 0 Å². The number of hydrogen-bond acceptors (Lipinski definition) is 4. The summed E-state index contributed by atoms with van der Waals surface area (Å²) in [7, 11) is 0. The van der Waals surface area contributed by atoms with Crippen LogP contribution in [0.5, 0.6) is 0 Å². The minimum absolute atomic E-state index is 0.0692. The van der Waals surface area contributed by atoms with Crippen LogP contribution in [0.15, 0.2) is 30.5 Å². The molecule has 2 bridgehead atoms. The summed E-state index contributed by atoms with van der Waals surface area (Å²) in [4.78, 5) is 12.7. The van der Waals surface area contributed by atoms with Crippen LogP contribution in [0.25, 0.3) is 5.69 Å². The summed E-state index contributed by atoms with van der Waals surface area (Å²) in [6.07, 6.45) is 1.96. The Balaban J connectivity index is 1.49. The second-order valence-corrected chi connectivity index (χ2v) is 7.78. The van der Waals surface area contributed by atoms with E-state index in [1.807, 2.05) is 0 Å². The summed E-state index contributed by atoms with van der Waals surface area (Å²) >= 11 is 0. The number of hydrogen-bond donors (Lipinski definition) is 2. The van der Waals surface area contributed by atoms with E-state index in [4.69, 9.17) is 5.73 Å². The Morgan fingerprint density at radius 3 is 2.61 bits per heavy atom. The largest absolute Gasteiger partial charge is 0.416 e. The number of nitrogens with zero attached hydrogens (tertiary/aromatic N) is 3. The van der Waals surface area contributed by atoms with E-state index in [1.165, 1.54) is 23.0 Å². The van der Waals surface area contributed by atoms with Gasteiger partial charge in [0.25, 0.3) is 5.91 Å². The first kappa shape index (κ1) is 18.9. The molecule has 0 radical (unpaired) electrons. The second-order valence-electron chi connectivity index (χ2n) is 7.78. The Labute approximate surface area is 160 Å². The number of carbonyl (C=O) groups excluding carboxylic acids is 1. The van der Waals surface area contributed by atoms with Crippen molar-refractivity contribution in [1.29, 1.82) is 0 Å². The molecule has 6 nitrogen and oxygen atoms in total. The average molecular weight is 393 g/mol. The van der Waals surface area contributed by atoms with Crippen LogP contribution in [-0.4, -0.2) is 33.0 Å². The van der Waals surface area contributed by atoms with Crippen molar-refractivity contribution in [3.05, 3.63) is 41.7 Å². The quantitative estimate of drug-likeness (QED) is 0.840. The van der Waals surface area contributed by atoms with Crippen LogP contribution in [0.2, 0.25) is 0 Å². The van der Waals surface area contributed by atoms with Crippen molar-refractivity contribution in [2.45, 2.75) is 50.4 Å². The number of aromatic nitrogens is 3. The van der Waals surface area contributed by atoms with Gasteiger partial charge < -0.3 is 11.1 Å². The monoisotopic (exact) mass is 393 g/mol. The summed E-state index contributed by atoms with van der Waals surface area (Å²) in [6.45, 7) is 0. The van der Waals surface area contributed by atoms with Gasteiger partial charge >= 0.3 is 6.18 Å². The molecular weight excluding hydrogens is 371 g/mol. The van der Waals surface area contributed by atoms with Crippen molar-refractivity contribution < 1.29 is 18.0 Å². The maximum atomic E-state index is 12.9. The fourth-order valence-corrected chi connectivity index (χ4v) is 4.57. The Kier molecular flexibility index (Phi) is 4.86. The van der Waals surface area contributed by atoms with Crippen molar-refractivity contribution in [3.8, 4) is 5.69 Å². The molecule has 1 aromatic carbocycles. The van der Waals surface area contributed by atoms with Gasteiger partial charge in [0.1, 0.15) is 0 Å². The molecule has 2 unspecified atom stereocenters. The summed E-state index contributed by atoms with van der Waals surface area (Å²) in [5.41, 5.74) is 5.63. The normalized spacial score (nSPS) is 27.4. The van der Waals surface area contributed by atoms with E-state index < -0.39 is 11.7 Å². The van der Waals surface area contributed by atoms with Gasteiger partial charge in [-0.1, -0.05) is 17.7 Å². The zero-order valence-electron chi connectivity index (χ0n) is 15.2. The molecule has 0 aliphatic heterocycles. The lowest BCUT2D eigenvalue weighted by atomic mass is 9.67. The molecule has 2 atom stereocenters. The van der Waals surface area contributed by atoms with Crippen molar-refractivity contribution >= 4 is 5.91 Å². The Bertz CT molecular complexity index is 851. The number of halogens is 3. The number of benzene rings is 1. The molecule has 2 aromatic rings. The molecule has 2 aliphatic carbocycles. The standard InChI is InChI=1S/C19H22F3N5O/c20-19(21,22)13-5-2-6-15(9-13)27-10-16(25-26-27)18(28)24-17-11-3-1-4-12(17)8-14(23)7-11/h2,5-6,9-12,14,17H,1,3-4,7-8,23H2,(H,24,28). The Hall–Kier alpha value is -2.42. The number of rotatable bonds is 3. The lowest BCUT2D eigenvalue weighted by molar-refractivity contribution is -0.137. The minimum atomic E-state index is -4.45. The van der Waals surface area contributed by atoms with Crippen LogP contribution >= 0.6 is 0 Å². The summed E-state index contributed by atoms with van der Waals surface area (Å²) in [5.74, 6) is 0.380. The molecule has 2 fully saturated rings. The highest BCUT2D eigenvalue weighted by Gasteiger charge is 2.40. The summed E-state index contributed by atoms with van der Waals surface area (Å²) in [5, 5.41) is 10.7. The average Bonchev–Trinajstić information content (AvgIpc) is 3.12. The van der Waals surface area contributed by atoms with Crippen LogP contribution in [0.4, 0.5) is 13.2 Å². The fourth-order valence-electron chi connectivity index (χ4n) is 4.57. The van der Waals surface area contributed by atoms with Gasteiger partial charge in [0.05, 0.1) is 17.4 Å². The number of carbonyl (C=O) groups is 1. The lowest BCUT2D eigenvalue weighted by Gasteiger charge is -2.45. The van der Waals surface area contributed by atoms with Crippen molar-refractivity contribution in [3.63, 3.8) is 0 Å². The smallest absolute Gasteiger partial charge is 0.347 e. The van der Waals surface area contributed by atoms with Gasteiger partial charge in [0, 0.05) is 12.1 Å². The highest BCUT2D eigenvalue weighted by molar-refractivity contribution is 5.92. The van der Waals surface area contributed by atoms with Crippen molar-refractivity contribution in [2.75, 3.05) is 0 Å². The zero-order valence-corrected chi connectivity index (χ0v) is 15.2. The Morgan fingerprint density at radius 2 is 1.93 bits per heavy atom. The number of nitrogens with one attached hydrogen (secondary N) is 1. The maximum Gasteiger partial charge on any atom is 0.416 e. The predicted octanol–water partition coefficient (Wildman–Crippen LogP) is 2.92. The third-order valence-electron chi connectivity index (χ3n) is 5.84.